The lowest BCUT2D eigenvalue weighted by Gasteiger charge is -2.29. The number of amides is 2. The number of carboxylic acid groups (broad SMARTS) is 1. The molecule has 0 radical (unpaired) electrons. The molecule has 0 aliphatic heterocycles. The SMILES string of the molecule is C[C@@]1(C(=O)NCCS(=O)(=O)NC(=O)OCCC(=O)O)CC/C=C/CCC1. The molecule has 0 heterocycles. The third-order valence-corrected chi connectivity index (χ3v) is 5.34. The van der Waals surface area contributed by atoms with Crippen LogP contribution in [0.2, 0.25) is 0 Å². The zero-order valence-electron chi connectivity index (χ0n) is 14.8. The number of carbonyl (C=O) groups excluding carboxylic acids is 2. The minimum absolute atomic E-state index is 0.137. The zero-order valence-corrected chi connectivity index (χ0v) is 15.6. The molecule has 1 atom stereocenters. The number of nitrogens with one attached hydrogen (secondary N) is 2. The Morgan fingerprint density at radius 2 is 1.88 bits per heavy atom. The van der Waals surface area contributed by atoms with E-state index in [1.165, 1.54) is 0 Å². The third kappa shape index (κ3) is 8.32. The van der Waals surface area contributed by atoms with Crippen LogP contribution in [0, 0.1) is 5.41 Å². The Bertz CT molecular complexity index is 645. The lowest BCUT2D eigenvalue weighted by molar-refractivity contribution is -0.137. The van der Waals surface area contributed by atoms with Crippen LogP contribution in [-0.4, -0.2) is 50.4 Å². The molecular formula is C16H26N2O7S. The van der Waals surface area contributed by atoms with Gasteiger partial charge in [-0.05, 0) is 32.1 Å². The molecule has 0 saturated carbocycles. The highest BCUT2D eigenvalue weighted by atomic mass is 32.2. The molecule has 10 heteroatoms. The van der Waals surface area contributed by atoms with E-state index in [1.54, 1.807) is 4.72 Å². The molecule has 0 unspecified atom stereocenters. The van der Waals surface area contributed by atoms with Crippen molar-refractivity contribution in [2.45, 2.75) is 45.4 Å². The van der Waals surface area contributed by atoms with Gasteiger partial charge >= 0.3 is 12.1 Å². The first-order chi connectivity index (χ1) is 12.1. The summed E-state index contributed by atoms with van der Waals surface area (Å²) in [4.78, 5) is 34.0. The van der Waals surface area contributed by atoms with E-state index >= 15 is 0 Å². The van der Waals surface area contributed by atoms with Crippen LogP contribution in [-0.2, 0) is 24.3 Å². The fourth-order valence-electron chi connectivity index (χ4n) is 2.55. The summed E-state index contributed by atoms with van der Waals surface area (Å²) in [6.07, 6.45) is 6.52. The van der Waals surface area contributed by atoms with Gasteiger partial charge in [-0.25, -0.2) is 17.9 Å². The first-order valence-electron chi connectivity index (χ1n) is 8.47. The monoisotopic (exact) mass is 390 g/mol. The van der Waals surface area contributed by atoms with E-state index in [0.29, 0.717) is 6.42 Å². The molecule has 3 N–H and O–H groups in total. The van der Waals surface area contributed by atoms with Crippen molar-refractivity contribution in [2.75, 3.05) is 18.9 Å². The average molecular weight is 390 g/mol. The Kier molecular flexibility index (Phi) is 8.56. The van der Waals surface area contributed by atoms with Gasteiger partial charge in [0, 0.05) is 12.0 Å². The van der Waals surface area contributed by atoms with Crippen molar-refractivity contribution < 1.29 is 32.6 Å². The van der Waals surface area contributed by atoms with Gasteiger partial charge in [-0.1, -0.05) is 19.1 Å². The standard InChI is InChI=1S/C16H26N2O7S/c1-16(8-5-3-2-4-6-9-16)14(21)17-10-12-26(23,24)18-15(22)25-11-7-13(19)20/h2-3H,4-12H2,1H3,(H,17,21)(H,18,22)(H,19,20)/b3-2+/t16-/m1/s1. The highest BCUT2D eigenvalue weighted by Gasteiger charge is 2.32. The predicted molar refractivity (Wildman–Crippen MR) is 93.9 cm³/mol. The second-order valence-electron chi connectivity index (χ2n) is 6.42. The summed E-state index contributed by atoms with van der Waals surface area (Å²) in [5.74, 6) is -1.85. The van der Waals surface area contributed by atoms with Gasteiger partial charge in [-0.2, -0.15) is 0 Å². The molecule has 0 saturated heterocycles. The number of rotatable bonds is 8. The molecule has 0 aromatic carbocycles. The van der Waals surface area contributed by atoms with Crippen LogP contribution in [0.25, 0.3) is 0 Å². The van der Waals surface area contributed by atoms with Gasteiger partial charge in [0.15, 0.2) is 0 Å². The van der Waals surface area contributed by atoms with Gasteiger partial charge < -0.3 is 15.2 Å². The van der Waals surface area contributed by atoms with Gasteiger partial charge in [0.2, 0.25) is 15.9 Å². The first kappa shape index (κ1) is 21.9. The van der Waals surface area contributed by atoms with Crippen LogP contribution in [0.3, 0.4) is 0 Å². The van der Waals surface area contributed by atoms with Gasteiger partial charge in [0.05, 0.1) is 12.2 Å². The highest BCUT2D eigenvalue weighted by Crippen LogP contribution is 2.32. The summed E-state index contributed by atoms with van der Waals surface area (Å²) in [5.41, 5.74) is -0.544. The number of carbonyl (C=O) groups is 3. The topological polar surface area (TPSA) is 139 Å². The van der Waals surface area contributed by atoms with Crippen LogP contribution >= 0.6 is 0 Å². The predicted octanol–water partition coefficient (Wildman–Crippen LogP) is 1.16. The molecule has 1 aliphatic carbocycles. The molecular weight excluding hydrogens is 364 g/mol. The average Bonchev–Trinajstić information content (AvgIpc) is 2.49. The number of sulfonamides is 1. The molecule has 148 valence electrons. The molecule has 0 aromatic heterocycles. The zero-order chi connectivity index (χ0) is 19.6. The molecule has 0 spiro atoms. The van der Waals surface area contributed by atoms with Crippen LogP contribution in [0.4, 0.5) is 4.79 Å². The maximum Gasteiger partial charge on any atom is 0.420 e. The van der Waals surface area contributed by atoms with Crippen molar-refractivity contribution in [1.82, 2.24) is 10.0 Å². The Hall–Kier alpha value is -2.10. The van der Waals surface area contributed by atoms with Crippen molar-refractivity contribution in [3.05, 3.63) is 12.2 Å². The number of hydrogen-bond donors (Lipinski definition) is 3. The molecule has 0 fully saturated rings. The van der Waals surface area contributed by atoms with Crippen molar-refractivity contribution >= 4 is 28.0 Å². The second-order valence-corrected chi connectivity index (χ2v) is 8.26. The highest BCUT2D eigenvalue weighted by molar-refractivity contribution is 7.90. The van der Waals surface area contributed by atoms with Gasteiger partial charge in [0.1, 0.15) is 6.61 Å². The molecule has 9 nitrogen and oxygen atoms in total. The lowest BCUT2D eigenvalue weighted by Crippen LogP contribution is -2.43. The summed E-state index contributed by atoms with van der Waals surface area (Å²) < 4.78 is 29.7. The molecule has 1 aliphatic rings. The van der Waals surface area contributed by atoms with E-state index in [0.717, 1.165) is 25.7 Å². The van der Waals surface area contributed by atoms with E-state index in [9.17, 15) is 22.8 Å². The smallest absolute Gasteiger partial charge is 0.420 e. The van der Waals surface area contributed by atoms with E-state index in [4.69, 9.17) is 5.11 Å². The van der Waals surface area contributed by atoms with E-state index in [2.05, 4.69) is 22.2 Å². The Labute approximate surface area is 153 Å². The Balaban J connectivity index is 2.39. The van der Waals surface area contributed by atoms with Gasteiger partial charge in [-0.15, -0.1) is 0 Å². The summed E-state index contributed by atoms with van der Waals surface area (Å²) >= 11 is 0. The summed E-state index contributed by atoms with van der Waals surface area (Å²) in [5, 5.41) is 11.0. The van der Waals surface area contributed by atoms with Gasteiger partial charge in [0.25, 0.3) is 0 Å². The van der Waals surface area contributed by atoms with E-state index < -0.39 is 46.3 Å². The summed E-state index contributed by atoms with van der Waals surface area (Å²) in [6.45, 7) is 1.30. The lowest BCUT2D eigenvalue weighted by atomic mass is 9.78. The van der Waals surface area contributed by atoms with Crippen LogP contribution in [0.1, 0.15) is 45.4 Å². The van der Waals surface area contributed by atoms with Crippen LogP contribution in [0.15, 0.2) is 12.2 Å². The minimum Gasteiger partial charge on any atom is -0.481 e. The van der Waals surface area contributed by atoms with Crippen molar-refractivity contribution in [1.29, 1.82) is 0 Å². The first-order valence-corrected chi connectivity index (χ1v) is 10.1. The van der Waals surface area contributed by atoms with E-state index in [-0.39, 0.29) is 12.5 Å². The number of allylic oxidation sites excluding steroid dienone is 2. The molecule has 0 aromatic rings. The Morgan fingerprint density at radius 3 is 2.58 bits per heavy atom. The number of ether oxygens (including phenoxy) is 1. The molecule has 26 heavy (non-hydrogen) atoms. The van der Waals surface area contributed by atoms with Crippen molar-refractivity contribution in [2.24, 2.45) is 5.41 Å². The maximum atomic E-state index is 12.4. The molecule has 0 bridgehead atoms. The molecule has 2 amide bonds. The quantitative estimate of drug-likeness (QED) is 0.528. The third-order valence-electron chi connectivity index (χ3n) is 4.12. The van der Waals surface area contributed by atoms with Gasteiger partial charge in [-0.3, -0.25) is 9.59 Å². The fraction of sp³-hybridized carbons (Fsp3) is 0.688. The maximum absolute atomic E-state index is 12.4. The number of aliphatic carboxylic acids is 1. The summed E-state index contributed by atoms with van der Waals surface area (Å²) in [6, 6.07) is 0. The fourth-order valence-corrected chi connectivity index (χ4v) is 3.34. The van der Waals surface area contributed by atoms with Crippen molar-refractivity contribution in [3.8, 4) is 0 Å². The summed E-state index contributed by atoms with van der Waals surface area (Å²) in [7, 11) is -3.99. The molecule has 1 rings (SSSR count). The minimum atomic E-state index is -3.99. The van der Waals surface area contributed by atoms with Crippen LogP contribution < -0.4 is 10.0 Å². The second kappa shape index (κ2) is 10.1. The largest absolute Gasteiger partial charge is 0.481 e. The van der Waals surface area contributed by atoms with Crippen molar-refractivity contribution in [3.63, 3.8) is 0 Å². The van der Waals surface area contributed by atoms with Crippen LogP contribution in [0.5, 0.6) is 0 Å². The van der Waals surface area contributed by atoms with E-state index in [1.807, 2.05) is 6.92 Å². The number of hydrogen-bond acceptors (Lipinski definition) is 6. The number of carboxylic acids is 1. The normalized spacial score (nSPS) is 21.7. The Morgan fingerprint density at radius 1 is 1.19 bits per heavy atom.